The number of amides is 1. The monoisotopic (exact) mass is 424 g/mol. The van der Waals surface area contributed by atoms with E-state index in [-0.39, 0.29) is 25.0 Å². The number of carbonyl (C=O) groups excluding carboxylic acids is 1. The molecular formula is C19H28N4O5S. The number of aromatic nitrogens is 3. The lowest BCUT2D eigenvalue weighted by molar-refractivity contribution is -0.131. The van der Waals surface area contributed by atoms with Crippen molar-refractivity contribution in [2.75, 3.05) is 6.26 Å². The number of ether oxygens (including phenoxy) is 1. The van der Waals surface area contributed by atoms with Crippen molar-refractivity contribution in [2.24, 2.45) is 0 Å². The second kappa shape index (κ2) is 8.50. The molecule has 0 saturated heterocycles. The van der Waals surface area contributed by atoms with Gasteiger partial charge in [-0.15, -0.1) is 5.10 Å². The molecule has 29 heavy (non-hydrogen) atoms. The Morgan fingerprint density at radius 2 is 1.97 bits per heavy atom. The van der Waals surface area contributed by atoms with Gasteiger partial charge in [0.2, 0.25) is 0 Å². The van der Waals surface area contributed by atoms with E-state index in [0.717, 1.165) is 17.6 Å². The van der Waals surface area contributed by atoms with E-state index < -0.39 is 20.5 Å². The zero-order valence-corrected chi connectivity index (χ0v) is 18.2. The van der Waals surface area contributed by atoms with Crippen LogP contribution in [0.2, 0.25) is 0 Å². The van der Waals surface area contributed by atoms with Crippen LogP contribution in [0.3, 0.4) is 0 Å². The van der Waals surface area contributed by atoms with E-state index in [1.165, 1.54) is 17.1 Å². The summed E-state index contributed by atoms with van der Waals surface area (Å²) in [5, 5.41) is 16.8. The van der Waals surface area contributed by atoms with Crippen LogP contribution in [0.15, 0.2) is 30.5 Å². The summed E-state index contributed by atoms with van der Waals surface area (Å²) in [6, 6.07) is 7.83. The fourth-order valence-electron chi connectivity index (χ4n) is 2.64. The van der Waals surface area contributed by atoms with Crippen LogP contribution in [0.4, 0.5) is 0 Å². The molecule has 160 valence electrons. The van der Waals surface area contributed by atoms with Crippen LogP contribution in [-0.2, 0) is 33.2 Å². The molecule has 1 heterocycles. The highest BCUT2D eigenvalue weighted by atomic mass is 32.2. The summed E-state index contributed by atoms with van der Waals surface area (Å²) in [6.45, 7) is 7.96. The number of benzene rings is 1. The number of sulfone groups is 1. The van der Waals surface area contributed by atoms with E-state index in [1.54, 1.807) is 6.20 Å². The summed E-state index contributed by atoms with van der Waals surface area (Å²) in [7, 11) is -3.76. The molecule has 1 amide bonds. The Kier molecular flexibility index (Phi) is 6.69. The van der Waals surface area contributed by atoms with Crippen molar-refractivity contribution in [2.45, 2.75) is 57.4 Å². The molecule has 1 aromatic carbocycles. The summed E-state index contributed by atoms with van der Waals surface area (Å²) in [6.07, 6.45) is 2.51. The van der Waals surface area contributed by atoms with Crippen molar-refractivity contribution >= 4 is 15.7 Å². The Morgan fingerprint density at radius 1 is 1.28 bits per heavy atom. The Labute approximate surface area is 170 Å². The SMILES string of the molecule is CC(C)(C)c1cccc(OCc2cn(CCC(C)(C(=O)NO)S(C)(=O)=O)nn2)c1. The van der Waals surface area contributed by atoms with E-state index in [0.29, 0.717) is 5.69 Å². The van der Waals surface area contributed by atoms with Gasteiger partial charge in [0.25, 0.3) is 5.91 Å². The summed E-state index contributed by atoms with van der Waals surface area (Å²) in [5.41, 5.74) is 3.16. The van der Waals surface area contributed by atoms with Gasteiger partial charge in [0.15, 0.2) is 14.6 Å². The molecule has 2 aromatic rings. The van der Waals surface area contributed by atoms with Crippen molar-refractivity contribution in [3.8, 4) is 5.75 Å². The fourth-order valence-corrected chi connectivity index (χ4v) is 3.48. The molecule has 10 heteroatoms. The van der Waals surface area contributed by atoms with Gasteiger partial charge in [0, 0.05) is 12.8 Å². The number of aryl methyl sites for hydroxylation is 1. The minimum atomic E-state index is -3.76. The van der Waals surface area contributed by atoms with Crippen LogP contribution < -0.4 is 10.2 Å². The number of nitrogens with zero attached hydrogens (tertiary/aromatic N) is 3. The largest absolute Gasteiger partial charge is 0.487 e. The molecule has 0 spiro atoms. The Balaban J connectivity index is 2.02. The molecule has 0 bridgehead atoms. The summed E-state index contributed by atoms with van der Waals surface area (Å²) in [5.74, 6) is -0.265. The molecule has 1 atom stereocenters. The summed E-state index contributed by atoms with van der Waals surface area (Å²) >= 11 is 0. The number of carbonyl (C=O) groups is 1. The predicted molar refractivity (Wildman–Crippen MR) is 107 cm³/mol. The number of nitrogens with one attached hydrogen (secondary N) is 1. The number of hydrogen-bond acceptors (Lipinski definition) is 7. The van der Waals surface area contributed by atoms with Crippen LogP contribution in [0.5, 0.6) is 5.75 Å². The Bertz CT molecular complexity index is 965. The van der Waals surface area contributed by atoms with Crippen molar-refractivity contribution in [1.82, 2.24) is 20.5 Å². The lowest BCUT2D eigenvalue weighted by Crippen LogP contribution is -2.49. The smallest absolute Gasteiger partial charge is 0.264 e. The third kappa shape index (κ3) is 5.54. The zero-order valence-electron chi connectivity index (χ0n) is 17.3. The average Bonchev–Trinajstić information content (AvgIpc) is 3.10. The van der Waals surface area contributed by atoms with Crippen LogP contribution in [0.25, 0.3) is 0 Å². The molecule has 9 nitrogen and oxygen atoms in total. The van der Waals surface area contributed by atoms with Gasteiger partial charge < -0.3 is 4.74 Å². The number of hydrogen-bond donors (Lipinski definition) is 2. The molecular weight excluding hydrogens is 396 g/mol. The first kappa shape index (κ1) is 22.8. The van der Waals surface area contributed by atoms with Crippen LogP contribution >= 0.6 is 0 Å². The molecule has 2 N–H and O–H groups in total. The van der Waals surface area contributed by atoms with E-state index in [2.05, 4.69) is 31.1 Å². The summed E-state index contributed by atoms with van der Waals surface area (Å²) in [4.78, 5) is 11.9. The van der Waals surface area contributed by atoms with Gasteiger partial charge in [-0.05, 0) is 36.5 Å². The standard InChI is InChI=1S/C19H28N4O5S/c1-18(2,3)14-7-6-8-16(11-14)28-13-15-12-23(22-20-15)10-9-19(4,17(24)21-25)29(5,26)27/h6-8,11-12,25H,9-10,13H2,1-5H3,(H,21,24). The Morgan fingerprint density at radius 3 is 2.55 bits per heavy atom. The first-order chi connectivity index (χ1) is 13.4. The second-order valence-corrected chi connectivity index (χ2v) is 10.7. The van der Waals surface area contributed by atoms with Crippen LogP contribution in [0, 0.1) is 0 Å². The maximum Gasteiger partial charge on any atom is 0.264 e. The molecule has 1 unspecified atom stereocenters. The first-order valence-corrected chi connectivity index (χ1v) is 11.0. The van der Waals surface area contributed by atoms with E-state index in [1.807, 2.05) is 24.3 Å². The molecule has 1 aromatic heterocycles. The molecule has 0 aliphatic heterocycles. The highest BCUT2D eigenvalue weighted by Crippen LogP contribution is 2.26. The van der Waals surface area contributed by atoms with Gasteiger partial charge in [-0.25, -0.2) is 13.9 Å². The Hall–Kier alpha value is -2.46. The minimum Gasteiger partial charge on any atom is -0.487 e. The zero-order chi connectivity index (χ0) is 21.9. The number of rotatable bonds is 8. The lowest BCUT2D eigenvalue weighted by Gasteiger charge is -2.24. The molecule has 0 saturated carbocycles. The van der Waals surface area contributed by atoms with E-state index >= 15 is 0 Å². The topological polar surface area (TPSA) is 123 Å². The van der Waals surface area contributed by atoms with Gasteiger partial charge in [-0.1, -0.05) is 38.1 Å². The van der Waals surface area contributed by atoms with Gasteiger partial charge in [-0.2, -0.15) is 0 Å². The maximum absolute atomic E-state index is 12.0. The third-order valence-corrected chi connectivity index (χ3v) is 6.92. The maximum atomic E-state index is 12.0. The average molecular weight is 425 g/mol. The summed E-state index contributed by atoms with van der Waals surface area (Å²) < 4.78 is 29.5. The van der Waals surface area contributed by atoms with Crippen molar-refractivity contribution in [3.63, 3.8) is 0 Å². The third-order valence-electron chi connectivity index (χ3n) is 4.89. The highest BCUT2D eigenvalue weighted by molar-refractivity contribution is 7.92. The van der Waals surface area contributed by atoms with Crippen LogP contribution in [0.1, 0.15) is 45.4 Å². The second-order valence-electron chi connectivity index (χ2n) is 8.23. The first-order valence-electron chi connectivity index (χ1n) is 9.13. The fraction of sp³-hybridized carbons (Fsp3) is 0.526. The van der Waals surface area contributed by atoms with Gasteiger partial charge in [0.1, 0.15) is 18.1 Å². The van der Waals surface area contributed by atoms with Gasteiger partial charge in [-0.3, -0.25) is 14.7 Å². The van der Waals surface area contributed by atoms with Crippen LogP contribution in [-0.4, -0.2) is 45.5 Å². The molecule has 2 rings (SSSR count). The molecule has 0 aliphatic rings. The normalized spacial score (nSPS) is 14.3. The van der Waals surface area contributed by atoms with Gasteiger partial charge >= 0.3 is 0 Å². The van der Waals surface area contributed by atoms with Crippen molar-refractivity contribution in [3.05, 3.63) is 41.7 Å². The minimum absolute atomic E-state index is 0.00955. The predicted octanol–water partition coefficient (Wildman–Crippen LogP) is 1.85. The quantitative estimate of drug-likeness (QED) is 0.490. The lowest BCUT2D eigenvalue weighted by atomic mass is 9.87. The highest BCUT2D eigenvalue weighted by Gasteiger charge is 2.43. The molecule has 0 fully saturated rings. The van der Waals surface area contributed by atoms with Crippen molar-refractivity contribution < 1.29 is 23.2 Å². The molecule has 0 radical (unpaired) electrons. The van der Waals surface area contributed by atoms with Crippen molar-refractivity contribution in [1.29, 1.82) is 0 Å². The van der Waals surface area contributed by atoms with Gasteiger partial charge in [0.05, 0.1) is 6.20 Å². The molecule has 0 aliphatic carbocycles. The number of hydroxylamine groups is 1. The van der Waals surface area contributed by atoms with E-state index in [9.17, 15) is 13.2 Å². The van der Waals surface area contributed by atoms with E-state index in [4.69, 9.17) is 9.94 Å².